The topological polar surface area (TPSA) is 70.3 Å². The van der Waals surface area contributed by atoms with Gasteiger partial charge in [0.2, 0.25) is 0 Å². The maximum atomic E-state index is 11.9. The maximum absolute atomic E-state index is 11.9. The molecule has 1 aliphatic rings. The van der Waals surface area contributed by atoms with E-state index >= 15 is 0 Å². The third-order valence-corrected chi connectivity index (χ3v) is 5.21. The van der Waals surface area contributed by atoms with E-state index in [0.29, 0.717) is 13.1 Å². The summed E-state index contributed by atoms with van der Waals surface area (Å²) >= 11 is 0. The fourth-order valence-corrected chi connectivity index (χ4v) is 3.67. The number of ether oxygens (including phenoxy) is 1. The number of aliphatic imine (C=N–C) groups is 1. The molecule has 2 rings (SSSR count). The van der Waals surface area contributed by atoms with Gasteiger partial charge in [-0.3, -0.25) is 14.7 Å². The van der Waals surface area contributed by atoms with Crippen LogP contribution in [0.1, 0.15) is 32.6 Å². The zero-order valence-corrected chi connectivity index (χ0v) is 19.3. The number of likely N-dealkylation sites (tertiary alicyclic amines) is 1. The minimum Gasteiger partial charge on any atom is -0.469 e. The minimum absolute atomic E-state index is 0. The third-order valence-electron chi connectivity index (χ3n) is 5.21. The van der Waals surface area contributed by atoms with Gasteiger partial charge in [-0.25, -0.2) is 0 Å². The van der Waals surface area contributed by atoms with Crippen molar-refractivity contribution in [2.45, 2.75) is 26.8 Å². The van der Waals surface area contributed by atoms with Crippen LogP contribution in [0.2, 0.25) is 0 Å². The second-order valence-electron chi connectivity index (χ2n) is 6.69. The molecule has 1 N–H and O–H groups in total. The quantitative estimate of drug-likeness (QED) is 0.273. The molecule has 1 aromatic heterocycles. The Morgan fingerprint density at radius 3 is 2.67 bits per heavy atom. The Balaban J connectivity index is 0.00000364. The first kappa shape index (κ1) is 23.7. The lowest BCUT2D eigenvalue weighted by Crippen LogP contribution is -2.44. The third kappa shape index (κ3) is 5.84. The molecule has 0 aliphatic carbocycles. The number of guanidine groups is 1. The lowest BCUT2D eigenvalue weighted by Gasteiger charge is -2.30. The standard InChI is InChI=1S/C19H32N4O3.HI/c1-6-22(7-2)16(17-9-8-10-26-17)11-21-19(20-4)23-12-14(3)15(13-23)18(24)25-5;/h8-10,14-16H,6-7,11-13H2,1-5H3,(H,20,21);1H. The number of likely N-dealkylation sites (N-methyl/N-ethyl adjacent to an activating group) is 1. The zero-order chi connectivity index (χ0) is 19.1. The van der Waals surface area contributed by atoms with E-state index in [1.54, 1.807) is 13.3 Å². The van der Waals surface area contributed by atoms with Crippen molar-refractivity contribution in [2.75, 3.05) is 46.9 Å². The molecule has 154 valence electrons. The minimum atomic E-state index is -0.146. The van der Waals surface area contributed by atoms with Crippen LogP contribution in [0.4, 0.5) is 0 Å². The van der Waals surface area contributed by atoms with Crippen molar-refractivity contribution in [3.8, 4) is 0 Å². The summed E-state index contributed by atoms with van der Waals surface area (Å²) in [5.41, 5.74) is 0. The normalized spacial score (nSPS) is 21.1. The van der Waals surface area contributed by atoms with Crippen LogP contribution in [0.25, 0.3) is 0 Å². The number of esters is 1. The predicted molar refractivity (Wildman–Crippen MR) is 117 cm³/mol. The zero-order valence-electron chi connectivity index (χ0n) is 17.0. The summed E-state index contributed by atoms with van der Waals surface area (Å²) in [6, 6.07) is 4.07. The van der Waals surface area contributed by atoms with Gasteiger partial charge in [0.05, 0.1) is 25.3 Å². The second-order valence-corrected chi connectivity index (χ2v) is 6.69. The summed E-state index contributed by atoms with van der Waals surface area (Å²) < 4.78 is 10.6. The van der Waals surface area contributed by atoms with Crippen LogP contribution in [0, 0.1) is 11.8 Å². The molecule has 7 nitrogen and oxygen atoms in total. The monoisotopic (exact) mass is 492 g/mol. The van der Waals surface area contributed by atoms with E-state index in [2.05, 4.69) is 40.9 Å². The van der Waals surface area contributed by atoms with Crippen molar-refractivity contribution in [3.05, 3.63) is 24.2 Å². The van der Waals surface area contributed by atoms with Crippen LogP contribution >= 0.6 is 24.0 Å². The number of nitrogens with one attached hydrogen (secondary N) is 1. The molecule has 0 spiro atoms. The van der Waals surface area contributed by atoms with Crippen molar-refractivity contribution >= 4 is 35.9 Å². The molecule has 0 aromatic carbocycles. The number of carbonyl (C=O) groups is 1. The number of rotatable bonds is 7. The highest BCUT2D eigenvalue weighted by molar-refractivity contribution is 14.0. The number of hydrogen-bond donors (Lipinski definition) is 1. The van der Waals surface area contributed by atoms with Crippen LogP contribution in [0.5, 0.6) is 0 Å². The molecule has 1 aliphatic heterocycles. The summed E-state index contributed by atoms with van der Waals surface area (Å²) in [6.07, 6.45) is 1.71. The van der Waals surface area contributed by atoms with Crippen LogP contribution in [0.15, 0.2) is 27.8 Å². The molecule has 0 radical (unpaired) electrons. The Labute approximate surface area is 179 Å². The summed E-state index contributed by atoms with van der Waals surface area (Å²) in [5.74, 6) is 1.74. The molecular weight excluding hydrogens is 459 g/mol. The number of carbonyl (C=O) groups excluding carboxylic acids is 1. The van der Waals surface area contributed by atoms with E-state index in [0.717, 1.165) is 31.4 Å². The van der Waals surface area contributed by atoms with Gasteiger partial charge in [-0.1, -0.05) is 20.8 Å². The smallest absolute Gasteiger partial charge is 0.310 e. The van der Waals surface area contributed by atoms with Crippen molar-refractivity contribution in [3.63, 3.8) is 0 Å². The Morgan fingerprint density at radius 2 is 2.15 bits per heavy atom. The highest BCUT2D eigenvalue weighted by Gasteiger charge is 2.37. The highest BCUT2D eigenvalue weighted by atomic mass is 127. The van der Waals surface area contributed by atoms with E-state index in [1.165, 1.54) is 7.11 Å². The Hall–Kier alpha value is -1.29. The number of nitrogens with zero attached hydrogens (tertiary/aromatic N) is 3. The summed E-state index contributed by atoms with van der Waals surface area (Å²) in [7, 11) is 3.22. The Bertz CT molecular complexity index is 590. The van der Waals surface area contributed by atoms with Gasteiger partial charge in [0.1, 0.15) is 5.76 Å². The molecular formula is C19H33IN4O3. The van der Waals surface area contributed by atoms with Gasteiger partial charge in [-0.2, -0.15) is 0 Å². The number of halogens is 1. The van der Waals surface area contributed by atoms with Gasteiger partial charge in [0, 0.05) is 26.7 Å². The van der Waals surface area contributed by atoms with Gasteiger partial charge >= 0.3 is 5.97 Å². The van der Waals surface area contributed by atoms with Crippen LogP contribution in [-0.4, -0.2) is 68.6 Å². The molecule has 8 heteroatoms. The van der Waals surface area contributed by atoms with Crippen molar-refractivity contribution in [2.24, 2.45) is 16.8 Å². The fourth-order valence-electron chi connectivity index (χ4n) is 3.67. The number of methoxy groups -OCH3 is 1. The first-order chi connectivity index (χ1) is 12.5. The highest BCUT2D eigenvalue weighted by Crippen LogP contribution is 2.25. The molecule has 27 heavy (non-hydrogen) atoms. The average Bonchev–Trinajstić information content (AvgIpc) is 3.31. The van der Waals surface area contributed by atoms with Crippen LogP contribution in [-0.2, 0) is 9.53 Å². The largest absolute Gasteiger partial charge is 0.469 e. The Morgan fingerprint density at radius 1 is 1.44 bits per heavy atom. The van der Waals surface area contributed by atoms with Crippen LogP contribution in [0.3, 0.4) is 0 Å². The average molecular weight is 492 g/mol. The SMILES string of the molecule is CCN(CC)C(CNC(=NC)N1CC(C)C(C(=O)OC)C1)c1ccco1.I. The lowest BCUT2D eigenvalue weighted by atomic mass is 9.99. The van der Waals surface area contributed by atoms with Crippen molar-refractivity contribution in [1.82, 2.24) is 15.1 Å². The lowest BCUT2D eigenvalue weighted by molar-refractivity contribution is -0.145. The number of hydrogen-bond acceptors (Lipinski definition) is 5. The summed E-state index contributed by atoms with van der Waals surface area (Å²) in [5, 5.41) is 3.47. The molecule has 0 bridgehead atoms. The molecule has 0 amide bonds. The first-order valence-electron chi connectivity index (χ1n) is 9.36. The van der Waals surface area contributed by atoms with E-state index in [9.17, 15) is 4.79 Å². The van der Waals surface area contributed by atoms with Gasteiger partial charge < -0.3 is 19.4 Å². The fraction of sp³-hybridized carbons (Fsp3) is 0.684. The molecule has 2 heterocycles. The predicted octanol–water partition coefficient (Wildman–Crippen LogP) is 2.60. The van der Waals surface area contributed by atoms with Gasteiger partial charge in [0.15, 0.2) is 5.96 Å². The molecule has 1 fully saturated rings. The van der Waals surface area contributed by atoms with E-state index in [1.807, 2.05) is 12.1 Å². The van der Waals surface area contributed by atoms with E-state index in [-0.39, 0.29) is 47.8 Å². The van der Waals surface area contributed by atoms with E-state index < -0.39 is 0 Å². The van der Waals surface area contributed by atoms with E-state index in [4.69, 9.17) is 9.15 Å². The first-order valence-corrected chi connectivity index (χ1v) is 9.36. The molecule has 1 aromatic rings. The van der Waals surface area contributed by atoms with Crippen molar-refractivity contribution < 1.29 is 13.9 Å². The van der Waals surface area contributed by atoms with Gasteiger partial charge in [-0.05, 0) is 31.1 Å². The van der Waals surface area contributed by atoms with Crippen molar-refractivity contribution in [1.29, 1.82) is 0 Å². The molecule has 0 saturated carbocycles. The Kier molecular flexibility index (Phi) is 10.1. The molecule has 3 atom stereocenters. The van der Waals surface area contributed by atoms with Crippen LogP contribution < -0.4 is 5.32 Å². The maximum Gasteiger partial charge on any atom is 0.310 e. The molecule has 3 unspecified atom stereocenters. The van der Waals surface area contributed by atoms with Gasteiger partial charge in [0.25, 0.3) is 0 Å². The van der Waals surface area contributed by atoms with Gasteiger partial charge in [-0.15, -0.1) is 24.0 Å². The number of furan rings is 1. The summed E-state index contributed by atoms with van der Waals surface area (Å²) in [4.78, 5) is 20.8. The summed E-state index contributed by atoms with van der Waals surface area (Å²) in [6.45, 7) is 10.4. The second kappa shape index (κ2) is 11.5. The molecule has 1 saturated heterocycles.